The molecule has 1 aliphatic rings. The summed E-state index contributed by atoms with van der Waals surface area (Å²) in [6.07, 6.45) is -0.866. The maximum absolute atomic E-state index is 13.0. The van der Waals surface area contributed by atoms with E-state index in [1.165, 1.54) is 31.2 Å². The Bertz CT molecular complexity index is 1120. The minimum Gasteiger partial charge on any atom is -0.444 e. The van der Waals surface area contributed by atoms with Gasteiger partial charge in [0.15, 0.2) is 6.10 Å². The lowest BCUT2D eigenvalue weighted by Gasteiger charge is -2.27. The number of nitriles is 1. The van der Waals surface area contributed by atoms with Crippen molar-refractivity contribution < 1.29 is 19.1 Å². The zero-order valence-electron chi connectivity index (χ0n) is 14.9. The van der Waals surface area contributed by atoms with Gasteiger partial charge in [-0.1, -0.05) is 24.3 Å². The zero-order chi connectivity index (χ0) is 19.8. The number of rotatable bonds is 3. The molecule has 6 heteroatoms. The normalized spacial score (nSPS) is 13.9. The molecule has 3 aromatic rings. The minimum atomic E-state index is -0.866. The number of hydrogen-bond donors (Lipinski definition) is 0. The third kappa shape index (κ3) is 2.70. The van der Waals surface area contributed by atoms with Gasteiger partial charge in [-0.25, -0.2) is 9.69 Å². The standard InChI is InChI=1S/C22H14N2O4/c1-13(12-23)28-22(27)15-8-10-16(11-9-15)24-20(25)17-6-2-4-14-5-3-7-18(19(14)17)21(24)26/h2-11,13H,1H3. The molecule has 0 aromatic heterocycles. The van der Waals surface area contributed by atoms with Crippen molar-refractivity contribution in [3.8, 4) is 6.07 Å². The van der Waals surface area contributed by atoms with Crippen molar-refractivity contribution in [3.63, 3.8) is 0 Å². The molecule has 0 N–H and O–H groups in total. The van der Waals surface area contributed by atoms with E-state index in [-0.39, 0.29) is 5.56 Å². The number of benzene rings is 3. The smallest absolute Gasteiger partial charge is 0.339 e. The molecule has 0 bridgehead atoms. The molecule has 1 atom stereocenters. The lowest BCUT2D eigenvalue weighted by Crippen LogP contribution is -2.40. The summed E-state index contributed by atoms with van der Waals surface area (Å²) in [5.41, 5.74) is 1.50. The zero-order valence-corrected chi connectivity index (χ0v) is 14.9. The third-order valence-electron chi connectivity index (χ3n) is 4.60. The molecule has 0 saturated carbocycles. The van der Waals surface area contributed by atoms with E-state index in [1.54, 1.807) is 24.3 Å². The lowest BCUT2D eigenvalue weighted by molar-refractivity contribution is 0.0435. The highest BCUT2D eigenvalue weighted by atomic mass is 16.5. The van der Waals surface area contributed by atoms with E-state index in [4.69, 9.17) is 10.00 Å². The Morgan fingerprint density at radius 1 is 0.964 bits per heavy atom. The first-order valence-electron chi connectivity index (χ1n) is 8.62. The van der Waals surface area contributed by atoms with Crippen molar-refractivity contribution in [3.05, 3.63) is 77.4 Å². The van der Waals surface area contributed by atoms with Gasteiger partial charge in [0.25, 0.3) is 11.8 Å². The number of amides is 2. The molecule has 0 aliphatic carbocycles. The fourth-order valence-electron chi connectivity index (χ4n) is 3.27. The van der Waals surface area contributed by atoms with Crippen LogP contribution in [0, 0.1) is 11.3 Å². The summed E-state index contributed by atoms with van der Waals surface area (Å²) in [4.78, 5) is 39.1. The molecule has 3 aromatic carbocycles. The Balaban J connectivity index is 1.71. The molecule has 2 amide bonds. The Hall–Kier alpha value is -3.98. The fraction of sp³-hybridized carbons (Fsp3) is 0.0909. The Morgan fingerprint density at radius 3 is 2.07 bits per heavy atom. The number of ether oxygens (including phenoxy) is 1. The number of esters is 1. The SMILES string of the molecule is CC(C#N)OC(=O)c1ccc(N2C(=O)c3cccc4cccc(c34)C2=O)cc1. The molecule has 28 heavy (non-hydrogen) atoms. The first kappa shape index (κ1) is 17.4. The summed E-state index contributed by atoms with van der Waals surface area (Å²) < 4.78 is 4.95. The van der Waals surface area contributed by atoms with Gasteiger partial charge >= 0.3 is 5.97 Å². The maximum Gasteiger partial charge on any atom is 0.339 e. The van der Waals surface area contributed by atoms with Crippen LogP contribution in [0.2, 0.25) is 0 Å². The topological polar surface area (TPSA) is 87.5 Å². The number of nitrogens with zero attached hydrogens (tertiary/aromatic N) is 2. The second-order valence-corrected chi connectivity index (χ2v) is 6.38. The van der Waals surface area contributed by atoms with E-state index in [2.05, 4.69) is 0 Å². The van der Waals surface area contributed by atoms with Crippen molar-refractivity contribution in [1.82, 2.24) is 0 Å². The van der Waals surface area contributed by atoms with Crippen LogP contribution in [0.25, 0.3) is 10.8 Å². The largest absolute Gasteiger partial charge is 0.444 e. The third-order valence-corrected chi connectivity index (χ3v) is 4.60. The number of imide groups is 1. The highest BCUT2D eigenvalue weighted by molar-refractivity contribution is 6.35. The van der Waals surface area contributed by atoms with Crippen molar-refractivity contribution in [2.75, 3.05) is 4.90 Å². The second-order valence-electron chi connectivity index (χ2n) is 6.38. The van der Waals surface area contributed by atoms with Crippen LogP contribution in [0.1, 0.15) is 38.0 Å². The van der Waals surface area contributed by atoms with Gasteiger partial charge in [-0.3, -0.25) is 9.59 Å². The van der Waals surface area contributed by atoms with Gasteiger partial charge in [-0.15, -0.1) is 0 Å². The summed E-state index contributed by atoms with van der Waals surface area (Å²) in [6, 6.07) is 18.4. The Morgan fingerprint density at radius 2 is 1.54 bits per heavy atom. The van der Waals surface area contributed by atoms with E-state index in [9.17, 15) is 14.4 Å². The Kier molecular flexibility index (Phi) is 4.13. The highest BCUT2D eigenvalue weighted by Gasteiger charge is 2.33. The van der Waals surface area contributed by atoms with Gasteiger partial charge in [-0.2, -0.15) is 5.26 Å². The molecule has 1 heterocycles. The van der Waals surface area contributed by atoms with Crippen LogP contribution in [0.3, 0.4) is 0 Å². The maximum atomic E-state index is 13.0. The average Bonchev–Trinajstić information content (AvgIpc) is 2.72. The monoisotopic (exact) mass is 370 g/mol. The summed E-state index contributed by atoms with van der Waals surface area (Å²) in [5, 5.41) is 10.2. The predicted molar refractivity (Wildman–Crippen MR) is 102 cm³/mol. The molecule has 6 nitrogen and oxygen atoms in total. The van der Waals surface area contributed by atoms with E-state index >= 15 is 0 Å². The molecule has 1 aliphatic heterocycles. The van der Waals surface area contributed by atoms with Crippen LogP contribution in [0.4, 0.5) is 5.69 Å². The molecule has 0 spiro atoms. The molecule has 0 radical (unpaired) electrons. The van der Waals surface area contributed by atoms with Crippen molar-refractivity contribution in [2.24, 2.45) is 0 Å². The lowest BCUT2D eigenvalue weighted by atomic mass is 9.94. The van der Waals surface area contributed by atoms with Crippen LogP contribution in [-0.4, -0.2) is 23.9 Å². The fourth-order valence-corrected chi connectivity index (χ4v) is 3.27. The van der Waals surface area contributed by atoms with Gasteiger partial charge in [0, 0.05) is 16.5 Å². The molecular formula is C22H14N2O4. The van der Waals surface area contributed by atoms with E-state index < -0.39 is 23.9 Å². The number of carbonyl (C=O) groups excluding carboxylic acids is 3. The molecule has 0 fully saturated rings. The van der Waals surface area contributed by atoms with E-state index in [0.29, 0.717) is 22.2 Å². The second kappa shape index (κ2) is 6.63. The number of carbonyl (C=O) groups is 3. The molecule has 136 valence electrons. The van der Waals surface area contributed by atoms with Crippen LogP contribution >= 0.6 is 0 Å². The Labute approximate surface area is 160 Å². The number of hydrogen-bond acceptors (Lipinski definition) is 5. The van der Waals surface area contributed by atoms with Gasteiger partial charge in [-0.05, 0) is 48.7 Å². The van der Waals surface area contributed by atoms with Crippen LogP contribution < -0.4 is 4.90 Å². The van der Waals surface area contributed by atoms with Crippen LogP contribution in [0.15, 0.2) is 60.7 Å². The first-order valence-corrected chi connectivity index (χ1v) is 8.62. The predicted octanol–water partition coefficient (Wildman–Crippen LogP) is 3.71. The summed E-state index contributed by atoms with van der Waals surface area (Å²) >= 11 is 0. The molecule has 4 rings (SSSR count). The average molecular weight is 370 g/mol. The highest BCUT2D eigenvalue weighted by Crippen LogP contribution is 2.32. The van der Waals surface area contributed by atoms with Crippen LogP contribution in [-0.2, 0) is 4.74 Å². The van der Waals surface area contributed by atoms with Crippen molar-refractivity contribution in [2.45, 2.75) is 13.0 Å². The summed E-state index contributed by atoms with van der Waals surface area (Å²) in [7, 11) is 0. The number of anilines is 1. The first-order chi connectivity index (χ1) is 13.5. The summed E-state index contributed by atoms with van der Waals surface area (Å²) in [5.74, 6) is -1.47. The van der Waals surface area contributed by atoms with Crippen LogP contribution in [0.5, 0.6) is 0 Å². The van der Waals surface area contributed by atoms with E-state index in [0.717, 1.165) is 10.3 Å². The van der Waals surface area contributed by atoms with Crippen molar-refractivity contribution >= 4 is 34.2 Å². The minimum absolute atomic E-state index is 0.227. The van der Waals surface area contributed by atoms with Gasteiger partial charge in [0.05, 0.1) is 11.3 Å². The summed E-state index contributed by atoms with van der Waals surface area (Å²) in [6.45, 7) is 1.47. The van der Waals surface area contributed by atoms with Crippen molar-refractivity contribution in [1.29, 1.82) is 5.26 Å². The van der Waals surface area contributed by atoms with Gasteiger partial charge in [0.2, 0.25) is 0 Å². The molecule has 0 saturated heterocycles. The van der Waals surface area contributed by atoms with Gasteiger partial charge < -0.3 is 4.74 Å². The van der Waals surface area contributed by atoms with E-state index in [1.807, 2.05) is 18.2 Å². The van der Waals surface area contributed by atoms with Gasteiger partial charge in [0.1, 0.15) is 6.07 Å². The quantitative estimate of drug-likeness (QED) is 0.518. The molecule has 1 unspecified atom stereocenters. The molecular weight excluding hydrogens is 356 g/mol.